The van der Waals surface area contributed by atoms with E-state index in [4.69, 9.17) is 9.73 Å². The Kier molecular flexibility index (Phi) is 7.30. The number of nitrogens with one attached hydrogen (secondary N) is 1. The van der Waals surface area contributed by atoms with Gasteiger partial charge >= 0.3 is 0 Å². The van der Waals surface area contributed by atoms with Crippen molar-refractivity contribution in [2.75, 3.05) is 39.4 Å². The zero-order chi connectivity index (χ0) is 17.9. The van der Waals surface area contributed by atoms with Gasteiger partial charge in [0.2, 0.25) is 0 Å². The summed E-state index contributed by atoms with van der Waals surface area (Å²) in [6, 6.07) is 7.00. The fraction of sp³-hybridized carbons (Fsp3) is 0.650. The van der Waals surface area contributed by atoms with Crippen LogP contribution in [0.4, 0.5) is 4.39 Å². The van der Waals surface area contributed by atoms with Crippen LogP contribution < -0.4 is 5.32 Å². The van der Waals surface area contributed by atoms with Gasteiger partial charge in [-0.2, -0.15) is 0 Å². The molecule has 0 saturated carbocycles. The minimum atomic E-state index is -0.347. The van der Waals surface area contributed by atoms with Crippen LogP contribution in [0.25, 0.3) is 0 Å². The molecule has 3 rings (SSSR count). The predicted molar refractivity (Wildman–Crippen MR) is 115 cm³/mol. The molecule has 1 atom stereocenters. The van der Waals surface area contributed by atoms with Crippen LogP contribution in [0.1, 0.15) is 39.2 Å². The zero-order valence-electron chi connectivity index (χ0n) is 16.1. The summed E-state index contributed by atoms with van der Waals surface area (Å²) < 4.78 is 19.8. The van der Waals surface area contributed by atoms with Gasteiger partial charge in [0.05, 0.1) is 13.2 Å². The number of hydrogen-bond acceptors (Lipinski definition) is 2. The second kappa shape index (κ2) is 8.87. The Morgan fingerprint density at radius 2 is 2.12 bits per heavy atom. The molecule has 6 heteroatoms. The fourth-order valence-electron chi connectivity index (χ4n) is 3.88. The number of nitrogens with zero attached hydrogens (tertiary/aromatic N) is 2. The van der Waals surface area contributed by atoms with Crippen LogP contribution in [-0.2, 0) is 10.2 Å². The van der Waals surface area contributed by atoms with Crippen LogP contribution in [0.15, 0.2) is 29.3 Å². The van der Waals surface area contributed by atoms with Gasteiger partial charge < -0.3 is 15.0 Å². The third-order valence-electron chi connectivity index (χ3n) is 5.48. The summed E-state index contributed by atoms with van der Waals surface area (Å²) in [5.41, 5.74) is 0.675. The minimum absolute atomic E-state index is 0. The summed E-state index contributed by atoms with van der Waals surface area (Å²) in [4.78, 5) is 7.21. The molecule has 2 aliphatic heterocycles. The van der Waals surface area contributed by atoms with Gasteiger partial charge in [-0.25, -0.2) is 4.39 Å². The van der Waals surface area contributed by atoms with Crippen LogP contribution in [0.3, 0.4) is 0 Å². The summed E-state index contributed by atoms with van der Waals surface area (Å²) >= 11 is 0. The van der Waals surface area contributed by atoms with Crippen LogP contribution in [0.5, 0.6) is 0 Å². The van der Waals surface area contributed by atoms with Crippen LogP contribution in [-0.4, -0.2) is 50.3 Å². The molecule has 0 aromatic heterocycles. The lowest BCUT2D eigenvalue weighted by Gasteiger charge is -2.27. The highest BCUT2D eigenvalue weighted by Gasteiger charge is 2.42. The van der Waals surface area contributed by atoms with E-state index in [1.807, 2.05) is 12.1 Å². The van der Waals surface area contributed by atoms with E-state index >= 15 is 0 Å². The number of benzene rings is 1. The van der Waals surface area contributed by atoms with Gasteiger partial charge in [0.15, 0.2) is 5.96 Å². The summed E-state index contributed by atoms with van der Waals surface area (Å²) in [6.07, 6.45) is 2.30. The second-order valence-electron chi connectivity index (χ2n) is 8.01. The average molecular weight is 475 g/mol. The summed E-state index contributed by atoms with van der Waals surface area (Å²) in [7, 11) is 0. The van der Waals surface area contributed by atoms with Gasteiger partial charge in [0.1, 0.15) is 5.82 Å². The van der Waals surface area contributed by atoms with Crippen molar-refractivity contribution >= 4 is 29.9 Å². The van der Waals surface area contributed by atoms with Gasteiger partial charge in [0.25, 0.3) is 0 Å². The maximum absolute atomic E-state index is 14.2. The number of hydrogen-bond donors (Lipinski definition) is 1. The third-order valence-corrected chi connectivity index (χ3v) is 5.48. The standard InChI is InChI=1S/C20H30FN3O.HI/c1-4-22-18(24-11-9-20(14-24)10-12-25-15-20)23-13-19(2,3)16-7-5-6-8-17(16)21;/h5-8H,4,9-15H2,1-3H3,(H,22,23);1H. The van der Waals surface area contributed by atoms with Crippen molar-refractivity contribution < 1.29 is 9.13 Å². The minimum Gasteiger partial charge on any atom is -0.381 e. The van der Waals surface area contributed by atoms with Crippen molar-refractivity contribution in [1.82, 2.24) is 10.2 Å². The Hall–Kier alpha value is -0.890. The lowest BCUT2D eigenvalue weighted by molar-refractivity contribution is 0.156. The first-order valence-corrected chi connectivity index (χ1v) is 9.32. The third kappa shape index (κ3) is 4.68. The number of aliphatic imine (C=N–C) groups is 1. The molecule has 0 radical (unpaired) electrons. The molecule has 2 aliphatic rings. The Morgan fingerprint density at radius 1 is 1.35 bits per heavy atom. The fourth-order valence-corrected chi connectivity index (χ4v) is 3.88. The van der Waals surface area contributed by atoms with E-state index in [0.717, 1.165) is 57.2 Å². The molecule has 26 heavy (non-hydrogen) atoms. The van der Waals surface area contributed by atoms with Crippen molar-refractivity contribution in [1.29, 1.82) is 0 Å². The number of rotatable bonds is 4. The molecule has 0 amide bonds. The molecule has 2 saturated heterocycles. The Bertz CT molecular complexity index is 629. The van der Waals surface area contributed by atoms with Crippen molar-refractivity contribution in [3.8, 4) is 0 Å². The molecule has 0 aliphatic carbocycles. The first-order valence-electron chi connectivity index (χ1n) is 9.32. The molecule has 1 unspecified atom stereocenters. The van der Waals surface area contributed by atoms with Crippen LogP contribution in [0, 0.1) is 11.2 Å². The molecule has 146 valence electrons. The first-order chi connectivity index (χ1) is 12.0. The highest BCUT2D eigenvalue weighted by molar-refractivity contribution is 14.0. The average Bonchev–Trinajstić information content (AvgIpc) is 3.22. The second-order valence-corrected chi connectivity index (χ2v) is 8.01. The quantitative estimate of drug-likeness (QED) is 0.409. The van der Waals surface area contributed by atoms with E-state index < -0.39 is 0 Å². The van der Waals surface area contributed by atoms with Gasteiger partial charge in [-0.05, 0) is 31.4 Å². The molecular weight excluding hydrogens is 444 g/mol. The lowest BCUT2D eigenvalue weighted by atomic mass is 9.84. The largest absolute Gasteiger partial charge is 0.381 e. The summed E-state index contributed by atoms with van der Waals surface area (Å²) in [5.74, 6) is 0.784. The predicted octanol–water partition coefficient (Wildman–Crippen LogP) is 3.80. The number of halogens is 2. The van der Waals surface area contributed by atoms with E-state index in [2.05, 4.69) is 31.0 Å². The van der Waals surface area contributed by atoms with Gasteiger partial charge in [-0.3, -0.25) is 4.99 Å². The number of ether oxygens (including phenoxy) is 1. The van der Waals surface area contributed by atoms with Crippen molar-refractivity contribution in [3.05, 3.63) is 35.6 Å². The molecule has 2 heterocycles. The van der Waals surface area contributed by atoms with E-state index in [-0.39, 0.29) is 35.2 Å². The monoisotopic (exact) mass is 475 g/mol. The Balaban J connectivity index is 0.00000243. The summed E-state index contributed by atoms with van der Waals surface area (Å²) in [5, 5.41) is 3.41. The Labute approximate surface area is 173 Å². The Morgan fingerprint density at radius 3 is 2.77 bits per heavy atom. The highest BCUT2D eigenvalue weighted by atomic mass is 127. The van der Waals surface area contributed by atoms with Crippen molar-refractivity contribution in [2.45, 2.75) is 39.0 Å². The molecule has 1 aromatic rings. The molecule has 0 bridgehead atoms. The number of likely N-dealkylation sites (tertiary alicyclic amines) is 1. The van der Waals surface area contributed by atoms with E-state index in [0.29, 0.717) is 12.0 Å². The van der Waals surface area contributed by atoms with Crippen molar-refractivity contribution in [2.24, 2.45) is 10.4 Å². The van der Waals surface area contributed by atoms with Gasteiger partial charge in [0, 0.05) is 37.1 Å². The van der Waals surface area contributed by atoms with Crippen LogP contribution >= 0.6 is 24.0 Å². The number of guanidine groups is 1. The van der Waals surface area contributed by atoms with Gasteiger partial charge in [-0.1, -0.05) is 32.0 Å². The van der Waals surface area contributed by atoms with E-state index in [1.165, 1.54) is 6.07 Å². The molecule has 1 aromatic carbocycles. The molecule has 1 N–H and O–H groups in total. The van der Waals surface area contributed by atoms with Crippen LogP contribution in [0.2, 0.25) is 0 Å². The lowest BCUT2D eigenvalue weighted by Crippen LogP contribution is -2.42. The SMILES string of the molecule is CCNC(=NCC(C)(C)c1ccccc1F)N1CCC2(CCOC2)C1.I. The smallest absolute Gasteiger partial charge is 0.193 e. The maximum Gasteiger partial charge on any atom is 0.193 e. The summed E-state index contributed by atoms with van der Waals surface area (Å²) in [6.45, 7) is 11.3. The zero-order valence-corrected chi connectivity index (χ0v) is 18.4. The topological polar surface area (TPSA) is 36.9 Å². The van der Waals surface area contributed by atoms with E-state index in [1.54, 1.807) is 6.07 Å². The maximum atomic E-state index is 14.2. The first kappa shape index (κ1) is 21.4. The normalized spacial score (nSPS) is 23.4. The molecular formula is C20H31FIN3O. The molecule has 1 spiro atoms. The molecule has 2 fully saturated rings. The van der Waals surface area contributed by atoms with Gasteiger partial charge in [-0.15, -0.1) is 24.0 Å². The van der Waals surface area contributed by atoms with Crippen molar-refractivity contribution in [3.63, 3.8) is 0 Å². The highest BCUT2D eigenvalue weighted by Crippen LogP contribution is 2.38. The van der Waals surface area contributed by atoms with E-state index in [9.17, 15) is 4.39 Å². The molecule has 4 nitrogen and oxygen atoms in total.